The fourth-order valence-electron chi connectivity index (χ4n) is 4.28. The van der Waals surface area contributed by atoms with E-state index in [1.165, 1.54) is 16.4 Å². The molecule has 0 aliphatic carbocycles. The highest BCUT2D eigenvalue weighted by Crippen LogP contribution is 2.36. The van der Waals surface area contributed by atoms with Crippen molar-refractivity contribution in [2.45, 2.75) is 37.2 Å². The second kappa shape index (κ2) is 8.80. The zero-order valence-corrected chi connectivity index (χ0v) is 19.4. The lowest BCUT2D eigenvalue weighted by molar-refractivity contribution is -0.123. The van der Waals surface area contributed by atoms with Gasteiger partial charge in [0.05, 0.1) is 10.6 Å². The lowest BCUT2D eigenvalue weighted by atomic mass is 9.97. The minimum absolute atomic E-state index is 0.0772. The first kappa shape index (κ1) is 22.5. The topological polar surface area (TPSA) is 123 Å². The van der Waals surface area contributed by atoms with Crippen LogP contribution in [-0.2, 0) is 19.6 Å². The predicted octanol–water partition coefficient (Wildman–Crippen LogP) is 2.56. The van der Waals surface area contributed by atoms with E-state index in [1.54, 1.807) is 24.3 Å². The quantitative estimate of drug-likeness (QED) is 0.664. The van der Waals surface area contributed by atoms with Gasteiger partial charge in [0.2, 0.25) is 22.7 Å². The molecule has 10 nitrogen and oxygen atoms in total. The Kier molecular flexibility index (Phi) is 5.82. The van der Waals surface area contributed by atoms with Crippen molar-refractivity contribution >= 4 is 33.2 Å². The normalized spacial score (nSPS) is 20.3. The van der Waals surface area contributed by atoms with E-state index in [9.17, 15) is 18.0 Å². The Morgan fingerprint density at radius 3 is 2.59 bits per heavy atom. The molecule has 1 atom stereocenters. The highest BCUT2D eigenvalue weighted by atomic mass is 32.2. The van der Waals surface area contributed by atoms with Crippen LogP contribution >= 0.6 is 0 Å². The summed E-state index contributed by atoms with van der Waals surface area (Å²) in [6, 6.07) is 9.66. The number of hydrogen-bond donors (Lipinski definition) is 2. The van der Waals surface area contributed by atoms with Crippen LogP contribution in [0.3, 0.4) is 0 Å². The van der Waals surface area contributed by atoms with Gasteiger partial charge in [-0.15, -0.1) is 0 Å². The Bertz CT molecular complexity index is 1240. The molecule has 180 valence electrons. The Morgan fingerprint density at radius 2 is 1.82 bits per heavy atom. The molecule has 0 saturated carbocycles. The molecule has 2 aromatic carbocycles. The molecular weight excluding hydrogens is 462 g/mol. The van der Waals surface area contributed by atoms with Crippen molar-refractivity contribution in [3.8, 4) is 17.2 Å². The third-order valence-electron chi connectivity index (χ3n) is 6.24. The maximum absolute atomic E-state index is 13.2. The van der Waals surface area contributed by atoms with Gasteiger partial charge in [-0.1, -0.05) is 6.92 Å². The van der Waals surface area contributed by atoms with Gasteiger partial charge < -0.3 is 24.8 Å². The number of benzene rings is 2. The van der Waals surface area contributed by atoms with Crippen LogP contribution in [0.5, 0.6) is 17.2 Å². The van der Waals surface area contributed by atoms with E-state index in [2.05, 4.69) is 10.6 Å². The number of anilines is 2. The summed E-state index contributed by atoms with van der Waals surface area (Å²) in [7, 11) is -3.78. The summed E-state index contributed by atoms with van der Waals surface area (Å²) in [5.74, 6) is 0.905. The molecule has 3 aliphatic rings. The zero-order chi connectivity index (χ0) is 23.9. The van der Waals surface area contributed by atoms with Gasteiger partial charge in [0.25, 0.3) is 5.91 Å². The van der Waals surface area contributed by atoms with Gasteiger partial charge >= 0.3 is 0 Å². The predicted molar refractivity (Wildman–Crippen MR) is 122 cm³/mol. The molecule has 3 aliphatic heterocycles. The van der Waals surface area contributed by atoms with Crippen LogP contribution in [0, 0.1) is 5.92 Å². The number of fused-ring (bicyclic) bond motifs is 2. The van der Waals surface area contributed by atoms with Crippen LogP contribution in [0.4, 0.5) is 11.4 Å². The van der Waals surface area contributed by atoms with Crippen LogP contribution in [0.2, 0.25) is 0 Å². The van der Waals surface area contributed by atoms with Crippen molar-refractivity contribution in [1.29, 1.82) is 0 Å². The van der Waals surface area contributed by atoms with Gasteiger partial charge in [0.1, 0.15) is 5.75 Å². The first-order valence-electron chi connectivity index (χ1n) is 11.2. The molecule has 0 spiro atoms. The fraction of sp³-hybridized carbons (Fsp3) is 0.391. The molecule has 11 heteroatoms. The Morgan fingerprint density at radius 1 is 1.09 bits per heavy atom. The van der Waals surface area contributed by atoms with Crippen molar-refractivity contribution < 1.29 is 32.2 Å². The summed E-state index contributed by atoms with van der Waals surface area (Å²) in [5, 5.41) is 5.60. The summed E-state index contributed by atoms with van der Waals surface area (Å²) < 4.78 is 44.0. The van der Waals surface area contributed by atoms with Crippen molar-refractivity contribution in [2.24, 2.45) is 5.92 Å². The van der Waals surface area contributed by atoms with Crippen LogP contribution in [-0.4, -0.2) is 50.5 Å². The molecule has 1 saturated heterocycles. The number of nitrogens with zero attached hydrogens (tertiary/aromatic N) is 1. The van der Waals surface area contributed by atoms with Crippen LogP contribution < -0.4 is 24.8 Å². The summed E-state index contributed by atoms with van der Waals surface area (Å²) in [6.07, 6.45) is 0.734. The van der Waals surface area contributed by atoms with E-state index >= 15 is 0 Å². The van der Waals surface area contributed by atoms with Gasteiger partial charge in [-0.05, 0) is 49.6 Å². The number of amides is 2. The number of carbonyl (C=O) groups is 2. The largest absolute Gasteiger partial charge is 0.478 e. The molecule has 3 heterocycles. The number of hydrogen-bond acceptors (Lipinski definition) is 7. The van der Waals surface area contributed by atoms with Crippen molar-refractivity contribution in [3.05, 3.63) is 36.4 Å². The van der Waals surface area contributed by atoms with E-state index in [1.807, 2.05) is 6.92 Å². The Labute approximate surface area is 197 Å². The molecule has 2 aromatic rings. The molecule has 0 unspecified atom stereocenters. The molecule has 2 N–H and O–H groups in total. The minimum Gasteiger partial charge on any atom is -0.478 e. The highest BCUT2D eigenvalue weighted by Gasteiger charge is 2.34. The summed E-state index contributed by atoms with van der Waals surface area (Å²) in [5.41, 5.74) is 0.946. The smallest absolute Gasteiger partial charge is 0.265 e. The van der Waals surface area contributed by atoms with Gasteiger partial charge in [0.15, 0.2) is 17.6 Å². The average Bonchev–Trinajstić information content (AvgIpc) is 3.31. The molecule has 5 rings (SSSR count). The molecule has 1 fully saturated rings. The first-order valence-corrected chi connectivity index (χ1v) is 12.6. The van der Waals surface area contributed by atoms with E-state index < -0.39 is 16.1 Å². The highest BCUT2D eigenvalue weighted by molar-refractivity contribution is 7.89. The number of rotatable bonds is 5. The Hall–Kier alpha value is -3.31. The molecule has 0 radical (unpaired) electrons. The SMILES string of the molecule is CC[C@H]1Oc2ccc(S(=O)(=O)N3CCC(C(=O)Nc4ccc5c(c4)OCO5)CC3)cc2NC1=O. The maximum Gasteiger partial charge on any atom is 0.265 e. The van der Waals surface area contributed by atoms with Crippen LogP contribution in [0.1, 0.15) is 26.2 Å². The number of nitrogens with one attached hydrogen (secondary N) is 2. The van der Waals surface area contributed by atoms with Crippen molar-refractivity contribution in [2.75, 3.05) is 30.5 Å². The Balaban J connectivity index is 1.22. The van der Waals surface area contributed by atoms with Crippen LogP contribution in [0.25, 0.3) is 0 Å². The summed E-state index contributed by atoms with van der Waals surface area (Å²) in [4.78, 5) is 24.9. The molecule has 0 bridgehead atoms. The number of ether oxygens (including phenoxy) is 3. The molecule has 0 aromatic heterocycles. The fourth-order valence-corrected chi connectivity index (χ4v) is 5.78. The standard InChI is InChI=1S/C23H25N3O7S/c1-2-18-23(28)25-17-12-16(4-6-19(17)33-18)34(29,30)26-9-7-14(8-10-26)22(27)24-15-3-5-20-21(11-15)32-13-31-20/h3-6,11-12,14,18H,2,7-10,13H2,1H3,(H,24,27)(H,25,28)/t18-/m1/s1. The monoisotopic (exact) mass is 487 g/mol. The second-order valence-electron chi connectivity index (χ2n) is 8.40. The maximum atomic E-state index is 13.2. The molecule has 34 heavy (non-hydrogen) atoms. The van der Waals surface area contributed by atoms with Gasteiger partial charge in [-0.25, -0.2) is 8.42 Å². The van der Waals surface area contributed by atoms with Crippen molar-refractivity contribution in [3.63, 3.8) is 0 Å². The number of carbonyl (C=O) groups excluding carboxylic acids is 2. The van der Waals surface area contributed by atoms with E-state index in [0.717, 1.165) is 0 Å². The summed E-state index contributed by atoms with van der Waals surface area (Å²) in [6.45, 7) is 2.44. The first-order chi connectivity index (χ1) is 16.3. The van der Waals surface area contributed by atoms with Gasteiger partial charge in [-0.3, -0.25) is 9.59 Å². The number of piperidine rings is 1. The van der Waals surface area contributed by atoms with E-state index in [0.29, 0.717) is 47.9 Å². The third-order valence-corrected chi connectivity index (χ3v) is 8.14. The third kappa shape index (κ3) is 4.16. The summed E-state index contributed by atoms with van der Waals surface area (Å²) >= 11 is 0. The zero-order valence-electron chi connectivity index (χ0n) is 18.6. The molecular formula is C23H25N3O7S. The van der Waals surface area contributed by atoms with Gasteiger partial charge in [-0.2, -0.15) is 4.31 Å². The van der Waals surface area contributed by atoms with Crippen LogP contribution in [0.15, 0.2) is 41.3 Å². The molecule has 2 amide bonds. The van der Waals surface area contributed by atoms with E-state index in [4.69, 9.17) is 14.2 Å². The minimum atomic E-state index is -3.78. The average molecular weight is 488 g/mol. The second-order valence-corrected chi connectivity index (χ2v) is 10.3. The number of sulfonamides is 1. The van der Waals surface area contributed by atoms with E-state index in [-0.39, 0.29) is 42.5 Å². The lowest BCUT2D eigenvalue weighted by Crippen LogP contribution is -2.41. The lowest BCUT2D eigenvalue weighted by Gasteiger charge is -2.31. The van der Waals surface area contributed by atoms with Crippen molar-refractivity contribution in [1.82, 2.24) is 4.31 Å². The van der Waals surface area contributed by atoms with Gasteiger partial charge in [0, 0.05) is 30.8 Å².